The highest BCUT2D eigenvalue weighted by molar-refractivity contribution is 7.99. The van der Waals surface area contributed by atoms with Crippen LogP contribution in [0.25, 0.3) is 0 Å². The summed E-state index contributed by atoms with van der Waals surface area (Å²) in [7, 11) is 0. The quantitative estimate of drug-likeness (QED) is 0.734. The van der Waals surface area contributed by atoms with Crippen molar-refractivity contribution in [3.05, 3.63) is 29.8 Å². The van der Waals surface area contributed by atoms with Gasteiger partial charge in [0.2, 0.25) is 0 Å². The van der Waals surface area contributed by atoms with Gasteiger partial charge in [-0.3, -0.25) is 0 Å². The normalized spacial score (nSPS) is 11.8. The molecule has 0 bridgehead atoms. The molecule has 0 aliphatic heterocycles. The number of thioether (sulfide) groups is 1. The Morgan fingerprint density at radius 1 is 1.44 bits per heavy atom. The van der Waals surface area contributed by atoms with Crippen LogP contribution < -0.4 is 4.74 Å². The molecule has 98 valence electrons. The number of nitriles is 1. The Kier molecular flexibility index (Phi) is 7.31. The van der Waals surface area contributed by atoms with E-state index in [1.165, 1.54) is 0 Å². The summed E-state index contributed by atoms with van der Waals surface area (Å²) in [6, 6.07) is 9.39. The summed E-state index contributed by atoms with van der Waals surface area (Å²) >= 11 is 1.83. The lowest BCUT2D eigenvalue weighted by molar-refractivity contribution is 0.250. The van der Waals surface area contributed by atoms with Gasteiger partial charge < -0.3 is 9.84 Å². The molecule has 18 heavy (non-hydrogen) atoms. The molecule has 0 spiro atoms. The van der Waals surface area contributed by atoms with Gasteiger partial charge in [-0.05, 0) is 36.0 Å². The Morgan fingerprint density at radius 3 is 2.94 bits per heavy atom. The van der Waals surface area contributed by atoms with E-state index in [2.05, 4.69) is 6.07 Å². The van der Waals surface area contributed by atoms with E-state index in [4.69, 9.17) is 15.1 Å². The molecular weight excluding hydrogens is 246 g/mol. The summed E-state index contributed by atoms with van der Waals surface area (Å²) in [5, 5.41) is 17.8. The first-order valence-electron chi connectivity index (χ1n) is 6.08. The summed E-state index contributed by atoms with van der Waals surface area (Å²) in [6.45, 7) is 2.91. The zero-order valence-corrected chi connectivity index (χ0v) is 11.4. The molecule has 0 radical (unpaired) electrons. The lowest BCUT2D eigenvalue weighted by Crippen LogP contribution is -2.05. The van der Waals surface area contributed by atoms with Crippen LogP contribution in [0.1, 0.15) is 18.9 Å². The summed E-state index contributed by atoms with van der Waals surface area (Å²) in [4.78, 5) is 0. The number of hydrogen-bond donors (Lipinski definition) is 1. The third kappa shape index (κ3) is 5.44. The van der Waals surface area contributed by atoms with Crippen molar-refractivity contribution >= 4 is 11.8 Å². The van der Waals surface area contributed by atoms with E-state index in [0.717, 1.165) is 17.9 Å². The van der Waals surface area contributed by atoms with E-state index in [-0.39, 0.29) is 6.61 Å². The zero-order valence-electron chi connectivity index (χ0n) is 10.6. The second-order valence-electron chi connectivity index (χ2n) is 4.17. The number of ether oxygens (including phenoxy) is 1. The molecule has 0 aromatic heterocycles. The minimum atomic E-state index is 0.249. The van der Waals surface area contributed by atoms with Gasteiger partial charge in [0.05, 0.1) is 12.2 Å². The Labute approximate surface area is 113 Å². The molecule has 1 rings (SSSR count). The molecule has 0 saturated heterocycles. The minimum Gasteiger partial charge on any atom is -0.492 e. The molecule has 0 heterocycles. The molecule has 4 heteroatoms. The van der Waals surface area contributed by atoms with Crippen LogP contribution in [-0.2, 0) is 0 Å². The van der Waals surface area contributed by atoms with Crippen molar-refractivity contribution in [2.75, 3.05) is 24.7 Å². The lowest BCUT2D eigenvalue weighted by Gasteiger charge is -2.09. The fourth-order valence-corrected chi connectivity index (χ4v) is 2.36. The lowest BCUT2D eigenvalue weighted by atomic mass is 10.2. The van der Waals surface area contributed by atoms with Gasteiger partial charge in [0, 0.05) is 6.61 Å². The molecule has 0 saturated carbocycles. The SMILES string of the molecule is CC(CO)CSCCCOc1ccccc1C#N. The van der Waals surface area contributed by atoms with Gasteiger partial charge >= 0.3 is 0 Å². The molecule has 0 aliphatic rings. The van der Waals surface area contributed by atoms with Crippen molar-refractivity contribution in [3.8, 4) is 11.8 Å². The predicted molar refractivity (Wildman–Crippen MR) is 74.8 cm³/mol. The highest BCUT2D eigenvalue weighted by Crippen LogP contribution is 2.17. The zero-order chi connectivity index (χ0) is 13.2. The number of nitrogens with zero attached hydrogens (tertiary/aromatic N) is 1. The Balaban J connectivity index is 2.16. The van der Waals surface area contributed by atoms with Gasteiger partial charge in [0.25, 0.3) is 0 Å². The molecule has 3 nitrogen and oxygen atoms in total. The highest BCUT2D eigenvalue weighted by atomic mass is 32.2. The number of para-hydroxylation sites is 1. The Bertz CT molecular complexity index is 390. The van der Waals surface area contributed by atoms with Gasteiger partial charge in [0.1, 0.15) is 11.8 Å². The maximum absolute atomic E-state index is 8.89. The van der Waals surface area contributed by atoms with Crippen molar-refractivity contribution in [1.82, 2.24) is 0 Å². The van der Waals surface area contributed by atoms with Crippen molar-refractivity contribution in [3.63, 3.8) is 0 Å². The Morgan fingerprint density at radius 2 is 2.22 bits per heavy atom. The van der Waals surface area contributed by atoms with Crippen LogP contribution in [0, 0.1) is 17.2 Å². The molecule has 1 aromatic rings. The van der Waals surface area contributed by atoms with E-state index in [1.54, 1.807) is 6.07 Å². The molecular formula is C14H19NO2S. The van der Waals surface area contributed by atoms with Crippen LogP contribution in [0.3, 0.4) is 0 Å². The fourth-order valence-electron chi connectivity index (χ4n) is 1.37. The summed E-state index contributed by atoms with van der Waals surface area (Å²) in [5.41, 5.74) is 0.582. The van der Waals surface area contributed by atoms with Crippen molar-refractivity contribution in [2.24, 2.45) is 5.92 Å². The van der Waals surface area contributed by atoms with E-state index in [1.807, 2.05) is 36.9 Å². The summed E-state index contributed by atoms with van der Waals surface area (Å²) < 4.78 is 5.58. The number of benzene rings is 1. The first-order chi connectivity index (χ1) is 8.77. The number of aliphatic hydroxyl groups is 1. The van der Waals surface area contributed by atoms with Crippen LogP contribution in [0.2, 0.25) is 0 Å². The molecule has 1 N–H and O–H groups in total. The number of rotatable bonds is 8. The van der Waals surface area contributed by atoms with Crippen molar-refractivity contribution in [2.45, 2.75) is 13.3 Å². The van der Waals surface area contributed by atoms with Crippen LogP contribution in [0.15, 0.2) is 24.3 Å². The van der Waals surface area contributed by atoms with Crippen LogP contribution in [0.4, 0.5) is 0 Å². The molecule has 0 fully saturated rings. The van der Waals surface area contributed by atoms with Crippen LogP contribution in [-0.4, -0.2) is 29.8 Å². The van der Waals surface area contributed by atoms with Crippen molar-refractivity contribution < 1.29 is 9.84 Å². The molecule has 1 atom stereocenters. The first-order valence-corrected chi connectivity index (χ1v) is 7.24. The predicted octanol–water partition coefficient (Wildman–Crippen LogP) is 2.69. The minimum absolute atomic E-state index is 0.249. The third-order valence-electron chi connectivity index (χ3n) is 2.41. The topological polar surface area (TPSA) is 53.2 Å². The molecule has 1 unspecified atom stereocenters. The van der Waals surface area contributed by atoms with Gasteiger partial charge in [-0.25, -0.2) is 0 Å². The van der Waals surface area contributed by atoms with Gasteiger partial charge in [-0.15, -0.1) is 0 Å². The van der Waals surface area contributed by atoms with E-state index in [0.29, 0.717) is 23.8 Å². The molecule has 1 aromatic carbocycles. The second kappa shape index (κ2) is 8.84. The maximum atomic E-state index is 8.89. The van der Waals surface area contributed by atoms with Gasteiger partial charge in [-0.1, -0.05) is 19.1 Å². The summed E-state index contributed by atoms with van der Waals surface area (Å²) in [5.74, 6) is 3.01. The van der Waals surface area contributed by atoms with Crippen LogP contribution in [0.5, 0.6) is 5.75 Å². The first kappa shape index (κ1) is 14.9. The monoisotopic (exact) mass is 265 g/mol. The average Bonchev–Trinajstić information content (AvgIpc) is 2.42. The van der Waals surface area contributed by atoms with E-state index in [9.17, 15) is 0 Å². The average molecular weight is 265 g/mol. The standard InChI is InChI=1S/C14H19NO2S/c1-12(10-16)11-18-8-4-7-17-14-6-3-2-5-13(14)9-15/h2-3,5-6,12,16H,4,7-8,10-11H2,1H3. The van der Waals surface area contributed by atoms with Gasteiger partial charge in [0.15, 0.2) is 0 Å². The molecule has 0 aliphatic carbocycles. The van der Waals surface area contributed by atoms with Gasteiger partial charge in [-0.2, -0.15) is 17.0 Å². The summed E-state index contributed by atoms with van der Waals surface area (Å²) in [6.07, 6.45) is 0.947. The molecule has 0 amide bonds. The highest BCUT2D eigenvalue weighted by Gasteiger charge is 2.02. The van der Waals surface area contributed by atoms with Crippen molar-refractivity contribution in [1.29, 1.82) is 5.26 Å². The number of aliphatic hydroxyl groups excluding tert-OH is 1. The second-order valence-corrected chi connectivity index (χ2v) is 5.32. The smallest absolute Gasteiger partial charge is 0.137 e. The largest absolute Gasteiger partial charge is 0.492 e. The van der Waals surface area contributed by atoms with E-state index >= 15 is 0 Å². The van der Waals surface area contributed by atoms with E-state index < -0.39 is 0 Å². The number of hydrogen-bond acceptors (Lipinski definition) is 4. The Hall–Kier alpha value is -1.18. The fraction of sp³-hybridized carbons (Fsp3) is 0.500. The third-order valence-corrected chi connectivity index (χ3v) is 3.79. The van der Waals surface area contributed by atoms with Crippen LogP contribution >= 0.6 is 11.8 Å². The maximum Gasteiger partial charge on any atom is 0.137 e.